The van der Waals surface area contributed by atoms with Gasteiger partial charge in [-0.1, -0.05) is 33.8 Å². The molecule has 0 saturated heterocycles. The zero-order chi connectivity index (χ0) is 10.7. The van der Waals surface area contributed by atoms with Crippen molar-refractivity contribution < 1.29 is 2.85 Å². The second kappa shape index (κ2) is 5.74. The summed E-state index contributed by atoms with van der Waals surface area (Å²) in [5, 5.41) is 1.33. The van der Waals surface area contributed by atoms with Crippen molar-refractivity contribution in [2.45, 2.75) is 40.5 Å². The third-order valence-electron chi connectivity index (χ3n) is 2.86. The molecule has 0 aliphatic heterocycles. The Morgan fingerprint density at radius 2 is 2.06 bits per heavy atom. The molecule has 0 bridgehead atoms. The lowest BCUT2D eigenvalue weighted by Gasteiger charge is -2.04. The van der Waals surface area contributed by atoms with Gasteiger partial charge in [-0.3, -0.25) is 0 Å². The fraction of sp³-hybridized carbons (Fsp3) is 0.467. The van der Waals surface area contributed by atoms with Crippen molar-refractivity contribution in [1.82, 2.24) is 4.98 Å². The third-order valence-corrected chi connectivity index (χ3v) is 2.86. The summed E-state index contributed by atoms with van der Waals surface area (Å²) in [6.07, 6.45) is 5.83. The highest BCUT2D eigenvalue weighted by molar-refractivity contribution is 5.79. The predicted octanol–water partition coefficient (Wildman–Crippen LogP) is 5.27. The van der Waals surface area contributed by atoms with Gasteiger partial charge >= 0.3 is 0 Å². The van der Waals surface area contributed by atoms with Crippen molar-refractivity contribution in [3.05, 3.63) is 36.0 Å². The van der Waals surface area contributed by atoms with E-state index in [0.29, 0.717) is 0 Å². The number of benzene rings is 1. The summed E-state index contributed by atoms with van der Waals surface area (Å²) in [4.78, 5) is 3.22. The van der Waals surface area contributed by atoms with Crippen LogP contribution in [0.25, 0.3) is 10.9 Å². The van der Waals surface area contributed by atoms with E-state index >= 15 is 0 Å². The number of rotatable bonds is 4. The highest BCUT2D eigenvalue weighted by Gasteiger charge is 1.98. The fourth-order valence-electron chi connectivity index (χ4n) is 1.97. The van der Waals surface area contributed by atoms with Crippen molar-refractivity contribution >= 4 is 10.9 Å². The molecule has 1 aromatic heterocycles. The molecule has 1 N–H and O–H groups in total. The Kier molecular flexibility index (Phi) is 4.60. The van der Waals surface area contributed by atoms with Gasteiger partial charge in [-0.15, -0.1) is 0 Å². The standard InChI is InChI=1S/C14H19N.CH4.2H2/c1-11(2)4-3-5-12-6-7-14-13(10-12)8-9-15-14;;;/h6-11,15H,3-5H2,1-2H3;1H4;2*1H. The SMILES string of the molecule is C.CC(C)CCCc1ccc2[nH]ccc2c1.[HH].[HH]. The van der Waals surface area contributed by atoms with Gasteiger partial charge in [-0.2, -0.15) is 0 Å². The monoisotopic (exact) mass is 221 g/mol. The van der Waals surface area contributed by atoms with E-state index in [2.05, 4.69) is 43.1 Å². The Morgan fingerprint density at radius 3 is 2.81 bits per heavy atom. The van der Waals surface area contributed by atoms with Gasteiger partial charge in [0.2, 0.25) is 0 Å². The van der Waals surface area contributed by atoms with E-state index in [1.165, 1.54) is 35.7 Å². The molecule has 92 valence electrons. The number of aryl methyl sites for hydroxylation is 1. The molecule has 2 aromatic rings. The lowest BCUT2D eigenvalue weighted by molar-refractivity contribution is 0.556. The first-order valence-corrected chi connectivity index (χ1v) is 5.82. The molecule has 1 heteroatoms. The molecule has 1 nitrogen and oxygen atoms in total. The Morgan fingerprint density at radius 1 is 1.25 bits per heavy atom. The minimum Gasteiger partial charge on any atom is -0.361 e. The van der Waals surface area contributed by atoms with Crippen LogP contribution in [0.4, 0.5) is 0 Å². The van der Waals surface area contributed by atoms with Crippen LogP contribution in [0.5, 0.6) is 0 Å². The topological polar surface area (TPSA) is 15.8 Å². The van der Waals surface area contributed by atoms with E-state index < -0.39 is 0 Å². The van der Waals surface area contributed by atoms with Crippen LogP contribution in [0.2, 0.25) is 0 Å². The van der Waals surface area contributed by atoms with Crippen molar-refractivity contribution in [1.29, 1.82) is 0 Å². The molecule has 2 rings (SSSR count). The highest BCUT2D eigenvalue weighted by atomic mass is 14.7. The second-order valence-electron chi connectivity index (χ2n) is 4.69. The Bertz CT molecular complexity index is 435. The Balaban J connectivity index is 0. The summed E-state index contributed by atoms with van der Waals surface area (Å²) in [6, 6.07) is 8.85. The van der Waals surface area contributed by atoms with Crippen molar-refractivity contribution in [3.63, 3.8) is 0 Å². The maximum Gasteiger partial charge on any atom is 0.0454 e. The molecule has 0 aliphatic rings. The minimum atomic E-state index is 0. The highest BCUT2D eigenvalue weighted by Crippen LogP contribution is 2.16. The second-order valence-corrected chi connectivity index (χ2v) is 4.69. The Hall–Kier alpha value is -1.24. The van der Waals surface area contributed by atoms with Gasteiger partial charge in [0, 0.05) is 14.6 Å². The number of hydrogen-bond acceptors (Lipinski definition) is 0. The fourth-order valence-corrected chi connectivity index (χ4v) is 1.97. The maximum atomic E-state index is 3.22. The van der Waals surface area contributed by atoms with Gasteiger partial charge in [0.15, 0.2) is 0 Å². The maximum absolute atomic E-state index is 3.22. The van der Waals surface area contributed by atoms with Gasteiger partial charge in [0.25, 0.3) is 0 Å². The van der Waals surface area contributed by atoms with Crippen LogP contribution >= 0.6 is 0 Å². The van der Waals surface area contributed by atoms with Crippen LogP contribution in [0, 0.1) is 5.92 Å². The first-order chi connectivity index (χ1) is 7.25. The zero-order valence-electron chi connectivity index (χ0n) is 9.59. The third kappa shape index (κ3) is 3.13. The van der Waals surface area contributed by atoms with E-state index in [0.717, 1.165) is 5.92 Å². The summed E-state index contributed by atoms with van der Waals surface area (Å²) in [6.45, 7) is 4.57. The minimum absolute atomic E-state index is 0. The summed E-state index contributed by atoms with van der Waals surface area (Å²) in [7, 11) is 0. The number of aromatic nitrogens is 1. The molecule has 1 aromatic carbocycles. The molecule has 0 fully saturated rings. The zero-order valence-corrected chi connectivity index (χ0v) is 9.59. The average molecular weight is 221 g/mol. The number of aromatic amines is 1. The molecular formula is C15H27N. The van der Waals surface area contributed by atoms with Crippen LogP contribution < -0.4 is 0 Å². The number of H-pyrrole nitrogens is 1. The van der Waals surface area contributed by atoms with E-state index in [1.807, 2.05) is 6.20 Å². The molecule has 0 saturated carbocycles. The largest absolute Gasteiger partial charge is 0.361 e. The molecule has 0 atom stereocenters. The van der Waals surface area contributed by atoms with Crippen LogP contribution in [0.15, 0.2) is 30.5 Å². The van der Waals surface area contributed by atoms with E-state index in [4.69, 9.17) is 0 Å². The van der Waals surface area contributed by atoms with Gasteiger partial charge < -0.3 is 4.98 Å². The molecule has 0 spiro atoms. The van der Waals surface area contributed by atoms with E-state index in [1.54, 1.807) is 0 Å². The number of nitrogens with one attached hydrogen (secondary N) is 1. The van der Waals surface area contributed by atoms with Gasteiger partial charge in [0.05, 0.1) is 0 Å². The predicted molar refractivity (Wildman–Crippen MR) is 77.0 cm³/mol. The van der Waals surface area contributed by atoms with Gasteiger partial charge in [-0.25, -0.2) is 0 Å². The summed E-state index contributed by atoms with van der Waals surface area (Å²) >= 11 is 0. The van der Waals surface area contributed by atoms with Crippen molar-refractivity contribution in [2.24, 2.45) is 5.92 Å². The first-order valence-electron chi connectivity index (χ1n) is 5.82. The van der Waals surface area contributed by atoms with Crippen LogP contribution in [0.1, 0.15) is 42.5 Å². The van der Waals surface area contributed by atoms with E-state index in [9.17, 15) is 0 Å². The molecule has 16 heavy (non-hydrogen) atoms. The van der Waals surface area contributed by atoms with Crippen molar-refractivity contribution in [3.8, 4) is 0 Å². The smallest absolute Gasteiger partial charge is 0.0454 e. The van der Waals surface area contributed by atoms with Crippen LogP contribution in [-0.4, -0.2) is 4.98 Å². The lowest BCUT2D eigenvalue weighted by Crippen LogP contribution is -1.90. The molecule has 0 aliphatic carbocycles. The lowest BCUT2D eigenvalue weighted by atomic mass is 10.0. The molecule has 0 unspecified atom stereocenters. The molecule has 1 heterocycles. The van der Waals surface area contributed by atoms with Gasteiger partial charge in [-0.05, 0) is 47.9 Å². The van der Waals surface area contributed by atoms with Gasteiger partial charge in [0.1, 0.15) is 0 Å². The summed E-state index contributed by atoms with van der Waals surface area (Å²) < 4.78 is 0. The average Bonchev–Trinajstić information content (AvgIpc) is 2.64. The van der Waals surface area contributed by atoms with Crippen LogP contribution in [-0.2, 0) is 6.42 Å². The quantitative estimate of drug-likeness (QED) is 0.723. The number of fused-ring (bicyclic) bond motifs is 1. The number of hydrogen-bond donors (Lipinski definition) is 1. The molecule has 0 radical (unpaired) electrons. The normalized spacial score (nSPS) is 10.7. The molecular weight excluding hydrogens is 194 g/mol. The van der Waals surface area contributed by atoms with Crippen molar-refractivity contribution in [2.75, 3.05) is 0 Å². The Labute approximate surface area is 102 Å². The molecule has 0 amide bonds. The summed E-state index contributed by atoms with van der Waals surface area (Å²) in [5.41, 5.74) is 2.70. The first kappa shape index (κ1) is 12.8. The van der Waals surface area contributed by atoms with E-state index in [-0.39, 0.29) is 10.3 Å². The summed E-state index contributed by atoms with van der Waals surface area (Å²) in [5.74, 6) is 0.820. The van der Waals surface area contributed by atoms with Crippen LogP contribution in [0.3, 0.4) is 0 Å².